The number of para-hydroxylation sites is 1. The van der Waals surface area contributed by atoms with Gasteiger partial charge in [-0.15, -0.1) is 0 Å². The van der Waals surface area contributed by atoms with Crippen LogP contribution < -0.4 is 0 Å². The summed E-state index contributed by atoms with van der Waals surface area (Å²) in [6.45, 7) is 0. The molecule has 0 fully saturated rings. The molecule has 0 radical (unpaired) electrons. The molecule has 0 aliphatic carbocycles. The first-order chi connectivity index (χ1) is 11.2. The molecule has 0 aliphatic heterocycles. The maximum absolute atomic E-state index is 8.71. The molecule has 0 saturated carbocycles. The first kappa shape index (κ1) is 14.6. The highest BCUT2D eigenvalue weighted by atomic mass is 16.3. The Labute approximate surface area is 132 Å². The van der Waals surface area contributed by atoms with E-state index in [1.165, 1.54) is 18.2 Å². The number of benzene rings is 2. The van der Waals surface area contributed by atoms with E-state index < -0.39 is 5.75 Å². The van der Waals surface area contributed by atoms with Gasteiger partial charge in [-0.05, 0) is 24.3 Å². The van der Waals surface area contributed by atoms with E-state index in [0.717, 1.165) is 21.8 Å². The van der Waals surface area contributed by atoms with E-state index in [4.69, 9.17) is 15.3 Å². The zero-order valence-corrected chi connectivity index (χ0v) is 12.1. The molecule has 5 nitrogen and oxygen atoms in total. The quantitative estimate of drug-likeness (QED) is 0.341. The lowest BCUT2D eigenvalue weighted by atomic mass is 10.1. The van der Waals surface area contributed by atoms with Crippen LogP contribution in [0, 0.1) is 0 Å². The summed E-state index contributed by atoms with van der Waals surface area (Å²) in [5, 5.41) is 28.4. The van der Waals surface area contributed by atoms with Gasteiger partial charge in [-0.3, -0.25) is 9.97 Å². The van der Waals surface area contributed by atoms with E-state index in [-0.39, 0.29) is 11.5 Å². The number of aromatic nitrogens is 2. The van der Waals surface area contributed by atoms with Gasteiger partial charge in [0, 0.05) is 23.2 Å². The van der Waals surface area contributed by atoms with Gasteiger partial charge in [0.1, 0.15) is 0 Å². The van der Waals surface area contributed by atoms with Gasteiger partial charge in [0.2, 0.25) is 0 Å². The van der Waals surface area contributed by atoms with Gasteiger partial charge in [-0.2, -0.15) is 0 Å². The van der Waals surface area contributed by atoms with Crippen LogP contribution in [0.1, 0.15) is 0 Å². The zero-order valence-electron chi connectivity index (χ0n) is 12.1. The SMILES string of the molecule is Oc1cccc(O)c1O.c1cnc2c(c1)ccc1cccnc12. The minimum absolute atomic E-state index is 0.310. The van der Waals surface area contributed by atoms with Crippen LogP contribution in [0.5, 0.6) is 17.2 Å². The lowest BCUT2D eigenvalue weighted by molar-refractivity contribution is 0.368. The number of hydrogen-bond acceptors (Lipinski definition) is 5. The molecule has 0 unspecified atom stereocenters. The summed E-state index contributed by atoms with van der Waals surface area (Å²) in [5.41, 5.74) is 1.95. The summed E-state index contributed by atoms with van der Waals surface area (Å²) in [7, 11) is 0. The Morgan fingerprint density at radius 1 is 0.565 bits per heavy atom. The van der Waals surface area contributed by atoms with Gasteiger partial charge in [0.25, 0.3) is 0 Å². The molecule has 23 heavy (non-hydrogen) atoms. The number of phenols is 3. The van der Waals surface area contributed by atoms with E-state index in [0.29, 0.717) is 0 Å². The molecule has 4 aromatic rings. The Bertz CT molecular complexity index is 895. The van der Waals surface area contributed by atoms with Crippen molar-refractivity contribution in [2.24, 2.45) is 0 Å². The Morgan fingerprint density at radius 2 is 1.04 bits per heavy atom. The van der Waals surface area contributed by atoms with Gasteiger partial charge >= 0.3 is 0 Å². The maximum Gasteiger partial charge on any atom is 0.200 e. The number of rotatable bonds is 0. The molecule has 114 valence electrons. The van der Waals surface area contributed by atoms with Crippen molar-refractivity contribution in [1.82, 2.24) is 9.97 Å². The average Bonchev–Trinajstić information content (AvgIpc) is 2.60. The smallest absolute Gasteiger partial charge is 0.200 e. The summed E-state index contributed by atoms with van der Waals surface area (Å²) in [6.07, 6.45) is 3.60. The molecule has 2 heterocycles. The maximum atomic E-state index is 8.71. The van der Waals surface area contributed by atoms with Crippen LogP contribution in [0.4, 0.5) is 0 Å². The molecule has 0 amide bonds. The van der Waals surface area contributed by atoms with Crippen LogP contribution in [0.3, 0.4) is 0 Å². The lowest BCUT2D eigenvalue weighted by Gasteiger charge is -2.00. The van der Waals surface area contributed by atoms with Crippen molar-refractivity contribution in [2.75, 3.05) is 0 Å². The largest absolute Gasteiger partial charge is 0.504 e. The predicted octanol–water partition coefficient (Wildman–Crippen LogP) is 3.59. The topological polar surface area (TPSA) is 86.5 Å². The molecule has 4 rings (SSSR count). The van der Waals surface area contributed by atoms with Crippen LogP contribution in [0.15, 0.2) is 67.0 Å². The molecule has 0 bridgehead atoms. The van der Waals surface area contributed by atoms with Crippen molar-refractivity contribution in [3.05, 3.63) is 67.0 Å². The van der Waals surface area contributed by atoms with Gasteiger partial charge in [-0.25, -0.2) is 0 Å². The van der Waals surface area contributed by atoms with E-state index >= 15 is 0 Å². The van der Waals surface area contributed by atoms with Crippen molar-refractivity contribution < 1.29 is 15.3 Å². The summed E-state index contributed by atoms with van der Waals surface area (Å²) >= 11 is 0. The van der Waals surface area contributed by atoms with Crippen molar-refractivity contribution in [3.63, 3.8) is 0 Å². The lowest BCUT2D eigenvalue weighted by Crippen LogP contribution is -1.83. The van der Waals surface area contributed by atoms with Gasteiger partial charge in [0.05, 0.1) is 11.0 Å². The Hall–Kier alpha value is -3.34. The van der Waals surface area contributed by atoms with E-state index in [9.17, 15) is 0 Å². The van der Waals surface area contributed by atoms with Crippen LogP contribution >= 0.6 is 0 Å². The summed E-state index contributed by atoms with van der Waals surface area (Å²) in [4.78, 5) is 8.69. The molecule has 2 aromatic carbocycles. The number of phenolic OH excluding ortho intramolecular Hbond substituents is 3. The van der Waals surface area contributed by atoms with Crippen LogP contribution in [0.25, 0.3) is 21.8 Å². The van der Waals surface area contributed by atoms with Crippen molar-refractivity contribution in [1.29, 1.82) is 0 Å². The normalized spacial score (nSPS) is 10.3. The molecule has 0 spiro atoms. The molecular weight excluding hydrogens is 292 g/mol. The summed E-state index contributed by atoms with van der Waals surface area (Å²) in [6, 6.07) is 16.1. The predicted molar refractivity (Wildman–Crippen MR) is 88.5 cm³/mol. The van der Waals surface area contributed by atoms with Crippen LogP contribution in [-0.2, 0) is 0 Å². The van der Waals surface area contributed by atoms with E-state index in [1.54, 1.807) is 12.4 Å². The molecule has 2 aromatic heterocycles. The monoisotopic (exact) mass is 306 g/mol. The van der Waals surface area contributed by atoms with E-state index in [2.05, 4.69) is 34.2 Å². The van der Waals surface area contributed by atoms with Gasteiger partial charge in [-0.1, -0.05) is 30.3 Å². The second-order valence-corrected chi connectivity index (χ2v) is 4.86. The molecular formula is C18H14N2O3. The summed E-state index contributed by atoms with van der Waals surface area (Å²) in [5.74, 6) is -1.09. The Morgan fingerprint density at radius 3 is 1.48 bits per heavy atom. The number of pyridine rings is 2. The highest BCUT2D eigenvalue weighted by Crippen LogP contribution is 2.32. The molecule has 5 heteroatoms. The third-order valence-electron chi connectivity index (χ3n) is 3.34. The second-order valence-electron chi connectivity index (χ2n) is 4.86. The molecule has 0 atom stereocenters. The van der Waals surface area contributed by atoms with Crippen molar-refractivity contribution >= 4 is 21.8 Å². The molecule has 3 N–H and O–H groups in total. The highest BCUT2D eigenvalue weighted by Gasteiger charge is 2.01. The Kier molecular flexibility index (Phi) is 3.93. The molecule has 0 saturated heterocycles. The third-order valence-corrected chi connectivity index (χ3v) is 3.34. The van der Waals surface area contributed by atoms with Crippen LogP contribution in [-0.4, -0.2) is 25.3 Å². The molecule has 0 aliphatic rings. The first-order valence-corrected chi connectivity index (χ1v) is 6.95. The Balaban J connectivity index is 0.000000151. The number of hydrogen-bond donors (Lipinski definition) is 3. The first-order valence-electron chi connectivity index (χ1n) is 6.95. The number of nitrogens with zero attached hydrogens (tertiary/aromatic N) is 2. The second kappa shape index (κ2) is 6.19. The average molecular weight is 306 g/mol. The summed E-state index contributed by atoms with van der Waals surface area (Å²) < 4.78 is 0. The minimum Gasteiger partial charge on any atom is -0.504 e. The van der Waals surface area contributed by atoms with Crippen molar-refractivity contribution in [2.45, 2.75) is 0 Å². The van der Waals surface area contributed by atoms with Gasteiger partial charge < -0.3 is 15.3 Å². The number of aromatic hydroxyl groups is 3. The standard InChI is InChI=1S/C12H8N2.C6H6O3/c1-3-9-5-6-10-4-2-8-14-12(10)11(9)13-7-1;7-4-2-1-3-5(8)6(4)9/h1-8H;1-3,7-9H. The fourth-order valence-corrected chi connectivity index (χ4v) is 2.20. The minimum atomic E-state index is -0.475. The van der Waals surface area contributed by atoms with Crippen molar-refractivity contribution in [3.8, 4) is 17.2 Å². The zero-order chi connectivity index (χ0) is 16.2. The van der Waals surface area contributed by atoms with E-state index in [1.807, 2.05) is 12.1 Å². The van der Waals surface area contributed by atoms with Crippen LogP contribution in [0.2, 0.25) is 0 Å². The fraction of sp³-hybridized carbons (Fsp3) is 0. The third kappa shape index (κ3) is 2.98. The number of fused-ring (bicyclic) bond motifs is 3. The van der Waals surface area contributed by atoms with Gasteiger partial charge in [0.15, 0.2) is 17.2 Å². The highest BCUT2D eigenvalue weighted by molar-refractivity contribution is 6.02. The fourth-order valence-electron chi connectivity index (χ4n) is 2.20.